The number of benzene rings is 1. The number of nitrogens with zero attached hydrogens (tertiary/aromatic N) is 1. The summed E-state index contributed by atoms with van der Waals surface area (Å²) in [5.41, 5.74) is 0.657. The van der Waals surface area contributed by atoms with Crippen LogP contribution in [0.2, 0.25) is 0 Å². The topological polar surface area (TPSA) is 157 Å². The van der Waals surface area contributed by atoms with Crippen LogP contribution in [-0.4, -0.2) is 86.8 Å². The molecule has 2 aliphatic rings. The maximum Gasteiger partial charge on any atom is 0.261 e. The summed E-state index contributed by atoms with van der Waals surface area (Å²) < 4.78 is 4.96. The number of amides is 3. The van der Waals surface area contributed by atoms with Gasteiger partial charge in [-0.3, -0.25) is 19.3 Å². The van der Waals surface area contributed by atoms with Crippen LogP contribution in [0.15, 0.2) is 24.3 Å². The van der Waals surface area contributed by atoms with Gasteiger partial charge in [0.2, 0.25) is 5.91 Å². The van der Waals surface area contributed by atoms with E-state index in [2.05, 4.69) is 5.32 Å². The lowest BCUT2D eigenvalue weighted by atomic mass is 9.97. The van der Waals surface area contributed by atoms with Crippen LogP contribution < -0.4 is 5.32 Å². The number of aliphatic hydroxyl groups is 4. The molecule has 0 aliphatic carbocycles. The molecule has 5 atom stereocenters. The van der Waals surface area contributed by atoms with Gasteiger partial charge in [0.1, 0.15) is 24.4 Å². The lowest BCUT2D eigenvalue weighted by molar-refractivity contribution is -0.253. The third kappa shape index (κ3) is 3.77. The van der Waals surface area contributed by atoms with Crippen molar-refractivity contribution in [2.45, 2.75) is 43.5 Å². The highest BCUT2D eigenvalue weighted by atomic mass is 16.6. The molecule has 28 heavy (non-hydrogen) atoms. The molecule has 0 radical (unpaired) electrons. The zero-order valence-electron chi connectivity index (χ0n) is 14.9. The van der Waals surface area contributed by atoms with E-state index in [1.807, 2.05) is 0 Å². The highest BCUT2D eigenvalue weighted by Gasteiger charge is 2.44. The zero-order valence-corrected chi connectivity index (χ0v) is 14.9. The zero-order chi connectivity index (χ0) is 20.4. The van der Waals surface area contributed by atoms with Crippen molar-refractivity contribution in [3.63, 3.8) is 0 Å². The van der Waals surface area contributed by atoms with Gasteiger partial charge in [0.15, 0.2) is 6.29 Å². The molecule has 1 aromatic rings. The molecule has 152 valence electrons. The molecule has 0 unspecified atom stereocenters. The Bertz CT molecular complexity index is 735. The first-order valence-corrected chi connectivity index (χ1v) is 8.90. The summed E-state index contributed by atoms with van der Waals surface area (Å²) in [5.74, 6) is -1.38. The lowest BCUT2D eigenvalue weighted by Gasteiger charge is -2.40. The van der Waals surface area contributed by atoms with E-state index in [1.165, 1.54) is 0 Å². The molecule has 10 heteroatoms. The summed E-state index contributed by atoms with van der Waals surface area (Å²) in [7, 11) is 0. The van der Waals surface area contributed by atoms with Crippen LogP contribution in [0.25, 0.3) is 0 Å². The van der Waals surface area contributed by atoms with E-state index >= 15 is 0 Å². The fourth-order valence-electron chi connectivity index (χ4n) is 3.35. The second-order valence-corrected chi connectivity index (χ2v) is 6.73. The largest absolute Gasteiger partial charge is 0.394 e. The Kier molecular flexibility index (Phi) is 6.06. The monoisotopic (exact) mass is 394 g/mol. The number of carbonyl (C=O) groups is 3. The van der Waals surface area contributed by atoms with Crippen molar-refractivity contribution in [2.24, 2.45) is 0 Å². The maximum absolute atomic E-state index is 12.3. The third-order valence-corrected chi connectivity index (χ3v) is 4.89. The van der Waals surface area contributed by atoms with Crippen molar-refractivity contribution in [1.29, 1.82) is 0 Å². The second-order valence-electron chi connectivity index (χ2n) is 6.73. The number of fused-ring (bicyclic) bond motifs is 1. The molecule has 0 bridgehead atoms. The standard InChI is InChI=1S/C18H22N2O8/c21-8-11-14(23)15(24)13(18(27)28-11)19-12(22)6-3-7-20-16(25)9-4-1-2-5-10(9)17(20)26/h1-2,4-5,11,13-15,18,21,23-24,27H,3,6-8H2,(H,19,22)/t11-,13+,14-,15-,18+/m1/s1. The van der Waals surface area contributed by atoms with Gasteiger partial charge in [-0.15, -0.1) is 0 Å². The first kappa shape index (κ1) is 20.4. The van der Waals surface area contributed by atoms with Crippen molar-refractivity contribution in [2.75, 3.05) is 13.2 Å². The Morgan fingerprint density at radius 3 is 2.25 bits per heavy atom. The third-order valence-electron chi connectivity index (χ3n) is 4.89. The number of hydrogen-bond acceptors (Lipinski definition) is 8. The van der Waals surface area contributed by atoms with E-state index in [0.717, 1.165) is 4.90 Å². The fraction of sp³-hybridized carbons (Fsp3) is 0.500. The number of hydrogen-bond donors (Lipinski definition) is 5. The number of ether oxygens (including phenoxy) is 1. The predicted octanol–water partition coefficient (Wildman–Crippen LogP) is -2.02. The smallest absolute Gasteiger partial charge is 0.261 e. The molecular formula is C18H22N2O8. The minimum absolute atomic E-state index is 0.0429. The molecular weight excluding hydrogens is 372 g/mol. The molecule has 5 N–H and O–H groups in total. The summed E-state index contributed by atoms with van der Waals surface area (Å²) in [4.78, 5) is 37.7. The van der Waals surface area contributed by atoms with E-state index in [9.17, 15) is 29.7 Å². The van der Waals surface area contributed by atoms with E-state index in [-0.39, 0.29) is 19.4 Å². The molecule has 1 fully saturated rings. The van der Waals surface area contributed by atoms with Crippen LogP contribution in [-0.2, 0) is 9.53 Å². The minimum Gasteiger partial charge on any atom is -0.394 e. The molecule has 3 amide bonds. The van der Waals surface area contributed by atoms with Gasteiger partial charge in [-0.25, -0.2) is 0 Å². The number of imide groups is 1. The Hall–Kier alpha value is -2.37. The summed E-state index contributed by atoms with van der Waals surface area (Å²) in [6, 6.07) is 5.20. The highest BCUT2D eigenvalue weighted by molar-refractivity contribution is 6.21. The van der Waals surface area contributed by atoms with Crippen molar-refractivity contribution >= 4 is 17.7 Å². The molecule has 1 saturated heterocycles. The van der Waals surface area contributed by atoms with Crippen LogP contribution in [0.4, 0.5) is 0 Å². The second kappa shape index (κ2) is 8.33. The van der Waals surface area contributed by atoms with Gasteiger partial charge >= 0.3 is 0 Å². The Morgan fingerprint density at radius 2 is 1.68 bits per heavy atom. The molecule has 0 aromatic heterocycles. The van der Waals surface area contributed by atoms with E-state index < -0.39 is 55.0 Å². The van der Waals surface area contributed by atoms with E-state index in [1.54, 1.807) is 24.3 Å². The van der Waals surface area contributed by atoms with Gasteiger partial charge in [0.05, 0.1) is 17.7 Å². The van der Waals surface area contributed by atoms with Crippen LogP contribution in [0.5, 0.6) is 0 Å². The lowest BCUT2D eigenvalue weighted by Crippen LogP contribution is -2.64. The maximum atomic E-state index is 12.3. The van der Waals surface area contributed by atoms with Gasteiger partial charge in [0, 0.05) is 13.0 Å². The van der Waals surface area contributed by atoms with Gasteiger partial charge in [-0.05, 0) is 18.6 Å². The van der Waals surface area contributed by atoms with E-state index in [4.69, 9.17) is 9.84 Å². The number of carbonyl (C=O) groups excluding carboxylic acids is 3. The predicted molar refractivity (Wildman–Crippen MR) is 93.0 cm³/mol. The number of rotatable bonds is 6. The first-order valence-electron chi connectivity index (χ1n) is 8.90. The number of nitrogens with one attached hydrogen (secondary N) is 1. The summed E-state index contributed by atoms with van der Waals surface area (Å²) in [5, 5.41) is 41.1. The Labute approximate surface area is 160 Å². The van der Waals surface area contributed by atoms with Crippen LogP contribution >= 0.6 is 0 Å². The SMILES string of the molecule is O=C(CCCN1C(=O)c2ccccc2C1=O)N[C@H]1[C@@H](O)[C@H](O)[C@@H](CO)O[C@@H]1O. The first-order chi connectivity index (χ1) is 13.3. The fourth-order valence-corrected chi connectivity index (χ4v) is 3.35. The van der Waals surface area contributed by atoms with Gasteiger partial charge in [-0.1, -0.05) is 12.1 Å². The van der Waals surface area contributed by atoms with Gasteiger partial charge in [-0.2, -0.15) is 0 Å². The Balaban J connectivity index is 1.50. The molecule has 2 heterocycles. The van der Waals surface area contributed by atoms with Gasteiger partial charge in [0.25, 0.3) is 11.8 Å². The van der Waals surface area contributed by atoms with Crippen LogP contribution in [0.1, 0.15) is 33.6 Å². The Morgan fingerprint density at radius 1 is 1.07 bits per heavy atom. The summed E-state index contributed by atoms with van der Waals surface area (Å²) in [6.45, 7) is -0.558. The quantitative estimate of drug-likeness (QED) is 0.346. The average Bonchev–Trinajstić information content (AvgIpc) is 2.93. The number of aliphatic hydroxyl groups excluding tert-OH is 4. The normalized spacial score (nSPS) is 29.7. The van der Waals surface area contributed by atoms with Crippen molar-refractivity contribution in [3.05, 3.63) is 35.4 Å². The van der Waals surface area contributed by atoms with Crippen LogP contribution in [0, 0.1) is 0 Å². The summed E-state index contributed by atoms with van der Waals surface area (Å²) >= 11 is 0. The van der Waals surface area contributed by atoms with Crippen molar-refractivity contribution in [1.82, 2.24) is 10.2 Å². The minimum atomic E-state index is -1.60. The molecule has 1 aromatic carbocycles. The molecule has 0 saturated carbocycles. The summed E-state index contributed by atoms with van der Waals surface area (Å²) in [6.07, 6.45) is -5.66. The van der Waals surface area contributed by atoms with E-state index in [0.29, 0.717) is 11.1 Å². The molecule has 0 spiro atoms. The van der Waals surface area contributed by atoms with Gasteiger partial charge < -0.3 is 30.5 Å². The van der Waals surface area contributed by atoms with Crippen molar-refractivity contribution < 1.29 is 39.5 Å². The molecule has 3 rings (SSSR count). The van der Waals surface area contributed by atoms with Crippen molar-refractivity contribution in [3.8, 4) is 0 Å². The van der Waals surface area contributed by atoms with Crippen LogP contribution in [0.3, 0.4) is 0 Å². The molecule has 2 aliphatic heterocycles. The molecule has 10 nitrogen and oxygen atoms in total. The highest BCUT2D eigenvalue weighted by Crippen LogP contribution is 2.23. The average molecular weight is 394 g/mol.